The molecule has 0 heterocycles. The van der Waals surface area contributed by atoms with Crippen molar-refractivity contribution >= 4 is 11.8 Å². The summed E-state index contributed by atoms with van der Waals surface area (Å²) < 4.78 is 26.2. The van der Waals surface area contributed by atoms with E-state index in [1.54, 1.807) is 0 Å². The molecule has 0 saturated heterocycles. The molecule has 4 N–H and O–H groups in total. The number of hydrogen-bond acceptors (Lipinski definition) is 4. The van der Waals surface area contributed by atoms with Gasteiger partial charge in [0.1, 0.15) is 17.7 Å². The summed E-state index contributed by atoms with van der Waals surface area (Å²) in [7, 11) is 0. The van der Waals surface area contributed by atoms with Crippen molar-refractivity contribution in [1.29, 1.82) is 0 Å². The predicted molar refractivity (Wildman–Crippen MR) is 81.4 cm³/mol. The normalized spacial score (nSPS) is 14.2. The van der Waals surface area contributed by atoms with Crippen LogP contribution >= 0.6 is 0 Å². The molecule has 0 aromatic heterocycles. The third-order valence-corrected chi connectivity index (χ3v) is 3.13. The summed E-state index contributed by atoms with van der Waals surface area (Å²) >= 11 is 0. The first-order valence-electron chi connectivity index (χ1n) is 7.07. The van der Waals surface area contributed by atoms with Crippen LogP contribution in [0, 0.1) is 24.0 Å². The van der Waals surface area contributed by atoms with E-state index in [0.29, 0.717) is 6.07 Å². The van der Waals surface area contributed by atoms with Gasteiger partial charge in [-0.2, -0.15) is 0 Å². The van der Waals surface area contributed by atoms with Gasteiger partial charge in [0.2, 0.25) is 5.91 Å². The summed E-state index contributed by atoms with van der Waals surface area (Å²) in [5.41, 5.74) is -0.279. The van der Waals surface area contributed by atoms with Crippen LogP contribution in [0.25, 0.3) is 0 Å². The van der Waals surface area contributed by atoms with Gasteiger partial charge in [0.15, 0.2) is 6.10 Å². The molecule has 6 nitrogen and oxygen atoms in total. The summed E-state index contributed by atoms with van der Waals surface area (Å²) in [6.45, 7) is 0.970. The Morgan fingerprint density at radius 1 is 1.21 bits per heavy atom. The lowest BCUT2D eigenvalue weighted by Gasteiger charge is -2.20. The molecular weight excluding hydrogens is 322 g/mol. The van der Waals surface area contributed by atoms with E-state index in [2.05, 4.69) is 16.6 Å². The van der Waals surface area contributed by atoms with E-state index in [1.165, 1.54) is 6.92 Å². The molecule has 24 heavy (non-hydrogen) atoms. The number of amides is 2. The van der Waals surface area contributed by atoms with Gasteiger partial charge in [0, 0.05) is 12.5 Å². The summed E-state index contributed by atoms with van der Waals surface area (Å²) in [5, 5.41) is 23.5. The number of rotatable bonds is 7. The van der Waals surface area contributed by atoms with Gasteiger partial charge in [0.25, 0.3) is 5.91 Å². The van der Waals surface area contributed by atoms with Gasteiger partial charge >= 0.3 is 0 Å². The van der Waals surface area contributed by atoms with Crippen molar-refractivity contribution in [3.63, 3.8) is 0 Å². The zero-order valence-electron chi connectivity index (χ0n) is 12.9. The molecule has 130 valence electrons. The molecule has 0 bridgehead atoms. The lowest BCUT2D eigenvalue weighted by Crippen LogP contribution is -2.49. The smallest absolute Gasteiger partial charge is 0.254 e. The Morgan fingerprint density at radius 2 is 1.79 bits per heavy atom. The highest BCUT2D eigenvalue weighted by molar-refractivity contribution is 5.89. The number of aliphatic hydroxyl groups excluding tert-OH is 2. The highest BCUT2D eigenvalue weighted by atomic mass is 19.1. The zero-order chi connectivity index (χ0) is 18.3. The minimum Gasteiger partial charge on any atom is -0.394 e. The number of nitrogens with one attached hydrogen (secondary N) is 2. The first kappa shape index (κ1) is 19.5. The molecule has 0 saturated carbocycles. The average molecular weight is 340 g/mol. The van der Waals surface area contributed by atoms with Crippen molar-refractivity contribution in [2.24, 2.45) is 0 Å². The van der Waals surface area contributed by atoms with Crippen molar-refractivity contribution in [3.05, 3.63) is 35.4 Å². The third-order valence-electron chi connectivity index (χ3n) is 3.13. The second kappa shape index (κ2) is 8.96. The van der Waals surface area contributed by atoms with Crippen molar-refractivity contribution in [1.82, 2.24) is 10.6 Å². The van der Waals surface area contributed by atoms with Crippen LogP contribution in [-0.2, 0) is 9.59 Å². The maximum atomic E-state index is 13.1. The Labute approximate surface area is 137 Å². The van der Waals surface area contributed by atoms with Gasteiger partial charge < -0.3 is 20.8 Å². The second-order valence-electron chi connectivity index (χ2n) is 5.13. The van der Waals surface area contributed by atoms with Crippen LogP contribution in [0.15, 0.2) is 18.2 Å². The van der Waals surface area contributed by atoms with E-state index < -0.39 is 41.6 Å². The fraction of sp³-hybridized carbons (Fsp3) is 0.375. The lowest BCUT2D eigenvalue weighted by atomic mass is 10.1. The van der Waals surface area contributed by atoms with Crippen LogP contribution in [0.1, 0.15) is 25.0 Å². The molecule has 1 rings (SSSR count). The molecule has 0 aliphatic carbocycles. The molecule has 1 aromatic rings. The summed E-state index contributed by atoms with van der Waals surface area (Å²) in [6.07, 6.45) is 3.35. The second-order valence-corrected chi connectivity index (χ2v) is 5.13. The fourth-order valence-electron chi connectivity index (χ4n) is 1.87. The largest absolute Gasteiger partial charge is 0.394 e. The van der Waals surface area contributed by atoms with Crippen LogP contribution in [0.3, 0.4) is 0 Å². The molecule has 0 fully saturated rings. The van der Waals surface area contributed by atoms with E-state index in [9.17, 15) is 23.5 Å². The summed E-state index contributed by atoms with van der Waals surface area (Å²) in [4.78, 5) is 23.8. The molecule has 0 aliphatic rings. The van der Waals surface area contributed by atoms with Crippen molar-refractivity contribution in [2.75, 3.05) is 6.61 Å². The minimum absolute atomic E-state index is 0.105. The van der Waals surface area contributed by atoms with Gasteiger partial charge in [-0.1, -0.05) is 0 Å². The number of carbonyl (C=O) groups excluding carboxylic acids is 2. The Kier molecular flexibility index (Phi) is 7.30. The molecule has 0 spiro atoms. The Bertz CT molecular complexity index is 625. The van der Waals surface area contributed by atoms with Gasteiger partial charge in [-0.05, 0) is 24.6 Å². The van der Waals surface area contributed by atoms with E-state index in [0.717, 1.165) is 12.1 Å². The van der Waals surface area contributed by atoms with Crippen molar-refractivity contribution in [3.8, 4) is 12.3 Å². The van der Waals surface area contributed by atoms with Crippen LogP contribution in [-0.4, -0.2) is 40.7 Å². The number of halogens is 2. The quantitative estimate of drug-likeness (QED) is 0.525. The van der Waals surface area contributed by atoms with Crippen LogP contribution in [0.4, 0.5) is 8.78 Å². The average Bonchev–Trinajstić information content (AvgIpc) is 2.52. The maximum absolute atomic E-state index is 13.1. The number of hydrogen-bond donors (Lipinski definition) is 4. The van der Waals surface area contributed by atoms with Crippen LogP contribution in [0.5, 0.6) is 0 Å². The molecule has 0 radical (unpaired) electrons. The van der Waals surface area contributed by atoms with Crippen LogP contribution in [0.2, 0.25) is 0 Å². The van der Waals surface area contributed by atoms with Crippen LogP contribution < -0.4 is 10.6 Å². The van der Waals surface area contributed by atoms with Crippen molar-refractivity contribution in [2.45, 2.75) is 31.5 Å². The van der Waals surface area contributed by atoms with Gasteiger partial charge in [-0.3, -0.25) is 9.59 Å². The number of aliphatic hydroxyl groups is 2. The van der Waals surface area contributed by atoms with E-state index >= 15 is 0 Å². The molecular formula is C16H18F2N2O4. The monoisotopic (exact) mass is 340 g/mol. The molecule has 0 unspecified atom stereocenters. The van der Waals surface area contributed by atoms with Gasteiger partial charge in [-0.15, -0.1) is 12.3 Å². The highest BCUT2D eigenvalue weighted by Crippen LogP contribution is 2.16. The molecule has 0 aliphatic heterocycles. The third kappa shape index (κ3) is 5.61. The van der Waals surface area contributed by atoms with Crippen molar-refractivity contribution < 1.29 is 28.6 Å². The zero-order valence-corrected chi connectivity index (χ0v) is 12.9. The Balaban J connectivity index is 2.68. The van der Waals surface area contributed by atoms with Gasteiger partial charge in [0.05, 0.1) is 12.6 Å². The predicted octanol–water partition coefficient (Wildman–Crippen LogP) is 0.00330. The maximum Gasteiger partial charge on any atom is 0.254 e. The van der Waals surface area contributed by atoms with E-state index in [4.69, 9.17) is 11.5 Å². The summed E-state index contributed by atoms with van der Waals surface area (Å²) in [6, 6.07) is 0.506. The fourth-order valence-corrected chi connectivity index (χ4v) is 1.87. The number of terminal acetylenes is 1. The summed E-state index contributed by atoms with van der Waals surface area (Å²) in [5.74, 6) is -1.23. The van der Waals surface area contributed by atoms with E-state index in [-0.39, 0.29) is 18.6 Å². The lowest BCUT2D eigenvalue weighted by molar-refractivity contribution is -0.134. The molecule has 1 aromatic carbocycles. The first-order chi connectivity index (χ1) is 11.3. The SMILES string of the molecule is C#CC[C@@H](CO)NC(=O)[C@H](C)NC(=O)[C@@H](O)c1cc(F)cc(F)c1. The molecule has 2 amide bonds. The van der Waals surface area contributed by atoms with E-state index in [1.807, 2.05) is 0 Å². The Hall–Kier alpha value is -2.50. The minimum atomic E-state index is -1.84. The Morgan fingerprint density at radius 3 is 2.29 bits per heavy atom. The molecule has 8 heteroatoms. The van der Waals surface area contributed by atoms with Gasteiger partial charge in [-0.25, -0.2) is 8.78 Å². The number of carbonyl (C=O) groups is 2. The molecule has 3 atom stereocenters. The standard InChI is InChI=1S/C16H18F2N2O4/c1-3-4-13(8-21)20-15(23)9(2)19-16(24)14(22)10-5-11(17)7-12(18)6-10/h1,5-7,9,13-14,21-22H,4,8H2,2H3,(H,19,24)(H,20,23)/t9-,13-,14-/m0/s1. The highest BCUT2D eigenvalue weighted by Gasteiger charge is 2.24. The topological polar surface area (TPSA) is 98.7 Å². The first-order valence-corrected chi connectivity index (χ1v) is 7.07. The number of benzene rings is 1.